The van der Waals surface area contributed by atoms with Crippen LogP contribution in [0.1, 0.15) is 18.1 Å². The van der Waals surface area contributed by atoms with Crippen LogP contribution in [0.2, 0.25) is 0 Å². The molecule has 0 aliphatic rings. The highest BCUT2D eigenvalue weighted by Crippen LogP contribution is 2.27. The molecule has 2 heterocycles. The quantitative estimate of drug-likeness (QED) is 0.769. The number of H-pyrrole nitrogens is 1. The minimum Gasteiger partial charge on any atom is -0.494 e. The number of hydrogen-bond acceptors (Lipinski definition) is 3. The second-order valence-electron chi connectivity index (χ2n) is 4.73. The first-order chi connectivity index (χ1) is 10.3. The summed E-state index contributed by atoms with van der Waals surface area (Å²) in [6.07, 6.45) is 7.37. The zero-order valence-electron chi connectivity index (χ0n) is 11.8. The molecule has 0 bridgehead atoms. The number of aromatic amines is 1. The first kappa shape index (κ1) is 13.2. The van der Waals surface area contributed by atoms with Gasteiger partial charge in [-0.05, 0) is 42.8 Å². The highest BCUT2D eigenvalue weighted by molar-refractivity contribution is 5.96. The van der Waals surface area contributed by atoms with E-state index in [0.29, 0.717) is 12.3 Å². The third kappa shape index (κ3) is 2.74. The summed E-state index contributed by atoms with van der Waals surface area (Å²) in [6, 6.07) is 9.82. The van der Waals surface area contributed by atoms with Crippen LogP contribution in [0.5, 0.6) is 5.75 Å². The zero-order valence-corrected chi connectivity index (χ0v) is 11.8. The fourth-order valence-electron chi connectivity index (χ4n) is 2.31. The highest BCUT2D eigenvalue weighted by Gasteiger charge is 2.07. The maximum absolute atomic E-state index is 6.23. The predicted molar refractivity (Wildman–Crippen MR) is 85.8 cm³/mol. The second-order valence-corrected chi connectivity index (χ2v) is 4.73. The van der Waals surface area contributed by atoms with E-state index in [0.717, 1.165) is 27.8 Å². The van der Waals surface area contributed by atoms with Gasteiger partial charge in [0, 0.05) is 40.8 Å². The van der Waals surface area contributed by atoms with Crippen molar-refractivity contribution in [1.29, 1.82) is 0 Å². The molecule has 3 aromatic rings. The molecule has 3 N–H and O–H groups in total. The molecule has 0 amide bonds. The summed E-state index contributed by atoms with van der Waals surface area (Å²) in [5.74, 6) is 0.847. The fraction of sp³-hybridized carbons (Fsp3) is 0.118. The van der Waals surface area contributed by atoms with Crippen LogP contribution in [-0.4, -0.2) is 16.6 Å². The fourth-order valence-corrected chi connectivity index (χ4v) is 2.31. The van der Waals surface area contributed by atoms with Gasteiger partial charge in [0.15, 0.2) is 0 Å². The van der Waals surface area contributed by atoms with Crippen molar-refractivity contribution in [3.05, 3.63) is 60.0 Å². The summed E-state index contributed by atoms with van der Waals surface area (Å²) in [6.45, 7) is 2.62. The standard InChI is InChI=1S/C17H17N3O/c1-2-21-13-5-6-17-14(9-13)15(11-20-17)16(18)8-12-4-3-7-19-10-12/h3-11,20H,2,18H2,1H3/b16-8-. The summed E-state index contributed by atoms with van der Waals surface area (Å²) in [5, 5.41) is 1.05. The van der Waals surface area contributed by atoms with Crippen molar-refractivity contribution >= 4 is 22.7 Å². The van der Waals surface area contributed by atoms with Crippen molar-refractivity contribution in [1.82, 2.24) is 9.97 Å². The third-order valence-electron chi connectivity index (χ3n) is 3.28. The van der Waals surface area contributed by atoms with E-state index in [9.17, 15) is 0 Å². The van der Waals surface area contributed by atoms with Crippen molar-refractivity contribution < 1.29 is 4.74 Å². The van der Waals surface area contributed by atoms with Crippen molar-refractivity contribution in [3.8, 4) is 5.75 Å². The van der Waals surface area contributed by atoms with Crippen molar-refractivity contribution in [2.24, 2.45) is 5.73 Å². The number of benzene rings is 1. The van der Waals surface area contributed by atoms with Crippen molar-refractivity contribution in [2.45, 2.75) is 6.92 Å². The lowest BCUT2D eigenvalue weighted by atomic mass is 10.1. The lowest BCUT2D eigenvalue weighted by Gasteiger charge is -2.04. The number of nitrogens with zero attached hydrogens (tertiary/aromatic N) is 1. The summed E-state index contributed by atoms with van der Waals surface area (Å²) in [5.41, 5.74) is 9.91. The van der Waals surface area contributed by atoms with Crippen LogP contribution >= 0.6 is 0 Å². The lowest BCUT2D eigenvalue weighted by molar-refractivity contribution is 0.341. The number of rotatable bonds is 4. The van der Waals surface area contributed by atoms with Gasteiger partial charge in [0.2, 0.25) is 0 Å². The molecule has 0 atom stereocenters. The van der Waals surface area contributed by atoms with Gasteiger partial charge in [-0.3, -0.25) is 4.98 Å². The summed E-state index contributed by atoms with van der Waals surface area (Å²) in [4.78, 5) is 7.32. The molecule has 2 aromatic heterocycles. The van der Waals surface area contributed by atoms with Gasteiger partial charge >= 0.3 is 0 Å². The summed E-state index contributed by atoms with van der Waals surface area (Å²) < 4.78 is 5.55. The molecular weight excluding hydrogens is 262 g/mol. The molecule has 0 radical (unpaired) electrons. The van der Waals surface area contributed by atoms with Crippen molar-refractivity contribution in [2.75, 3.05) is 6.61 Å². The highest BCUT2D eigenvalue weighted by atomic mass is 16.5. The van der Waals surface area contributed by atoms with E-state index in [-0.39, 0.29) is 0 Å². The van der Waals surface area contributed by atoms with Crippen LogP contribution in [0.4, 0.5) is 0 Å². The van der Waals surface area contributed by atoms with E-state index < -0.39 is 0 Å². The smallest absolute Gasteiger partial charge is 0.120 e. The molecular formula is C17H17N3O. The monoisotopic (exact) mass is 279 g/mol. The average Bonchev–Trinajstić information content (AvgIpc) is 2.92. The molecule has 4 heteroatoms. The topological polar surface area (TPSA) is 63.9 Å². The average molecular weight is 279 g/mol. The lowest BCUT2D eigenvalue weighted by Crippen LogP contribution is -1.95. The maximum Gasteiger partial charge on any atom is 0.120 e. The van der Waals surface area contributed by atoms with Crippen LogP contribution in [0.3, 0.4) is 0 Å². The Morgan fingerprint density at radius 2 is 2.29 bits per heavy atom. The van der Waals surface area contributed by atoms with Gasteiger partial charge in [-0.25, -0.2) is 0 Å². The minimum atomic E-state index is 0.645. The maximum atomic E-state index is 6.23. The number of ether oxygens (including phenoxy) is 1. The van der Waals surface area contributed by atoms with E-state index >= 15 is 0 Å². The van der Waals surface area contributed by atoms with Crippen LogP contribution in [0.15, 0.2) is 48.9 Å². The van der Waals surface area contributed by atoms with E-state index in [1.165, 1.54) is 0 Å². The normalized spacial score (nSPS) is 11.8. The van der Waals surface area contributed by atoms with Gasteiger partial charge in [0.05, 0.1) is 6.61 Å². The van der Waals surface area contributed by atoms with Crippen molar-refractivity contribution in [3.63, 3.8) is 0 Å². The van der Waals surface area contributed by atoms with Gasteiger partial charge < -0.3 is 15.5 Å². The van der Waals surface area contributed by atoms with E-state index in [2.05, 4.69) is 9.97 Å². The molecule has 1 aromatic carbocycles. The zero-order chi connectivity index (χ0) is 14.7. The van der Waals surface area contributed by atoms with E-state index in [4.69, 9.17) is 10.5 Å². The predicted octanol–water partition coefficient (Wildman–Crippen LogP) is 3.42. The van der Waals surface area contributed by atoms with Crippen LogP contribution in [0.25, 0.3) is 22.7 Å². The van der Waals surface area contributed by atoms with E-state index in [1.54, 1.807) is 12.4 Å². The Bertz CT molecular complexity index is 775. The minimum absolute atomic E-state index is 0.645. The first-order valence-corrected chi connectivity index (χ1v) is 6.89. The molecule has 0 unspecified atom stereocenters. The molecule has 106 valence electrons. The number of nitrogens with two attached hydrogens (primary N) is 1. The van der Waals surface area contributed by atoms with Gasteiger partial charge in [-0.2, -0.15) is 0 Å². The van der Waals surface area contributed by atoms with Crippen LogP contribution in [0, 0.1) is 0 Å². The van der Waals surface area contributed by atoms with Crippen LogP contribution < -0.4 is 10.5 Å². The Kier molecular flexibility index (Phi) is 3.60. The Hall–Kier alpha value is -2.75. The molecule has 0 saturated carbocycles. The number of nitrogens with one attached hydrogen (secondary N) is 1. The SMILES string of the molecule is CCOc1ccc2[nH]cc(/C(N)=C/c3cccnc3)c2c1. The summed E-state index contributed by atoms with van der Waals surface area (Å²) in [7, 11) is 0. The van der Waals surface area contributed by atoms with Gasteiger partial charge in [0.25, 0.3) is 0 Å². The van der Waals surface area contributed by atoms with Gasteiger partial charge in [-0.1, -0.05) is 6.07 Å². The van der Waals surface area contributed by atoms with Crippen LogP contribution in [-0.2, 0) is 0 Å². The third-order valence-corrected chi connectivity index (χ3v) is 3.28. The van der Waals surface area contributed by atoms with Gasteiger partial charge in [-0.15, -0.1) is 0 Å². The number of fused-ring (bicyclic) bond motifs is 1. The Morgan fingerprint density at radius 1 is 1.38 bits per heavy atom. The number of hydrogen-bond donors (Lipinski definition) is 2. The Labute approximate surface area is 123 Å². The second kappa shape index (κ2) is 5.71. The van der Waals surface area contributed by atoms with E-state index in [1.807, 2.05) is 49.5 Å². The molecule has 0 fully saturated rings. The largest absolute Gasteiger partial charge is 0.494 e. The summed E-state index contributed by atoms with van der Waals surface area (Å²) >= 11 is 0. The first-order valence-electron chi connectivity index (χ1n) is 6.89. The Morgan fingerprint density at radius 3 is 3.05 bits per heavy atom. The molecule has 0 aliphatic carbocycles. The molecule has 3 rings (SSSR count). The molecule has 0 spiro atoms. The number of pyridine rings is 1. The number of aromatic nitrogens is 2. The molecule has 0 saturated heterocycles. The van der Waals surface area contributed by atoms with Gasteiger partial charge in [0.1, 0.15) is 5.75 Å². The Balaban J connectivity index is 2.03. The molecule has 0 aliphatic heterocycles. The molecule has 21 heavy (non-hydrogen) atoms. The molecule has 4 nitrogen and oxygen atoms in total.